The van der Waals surface area contributed by atoms with Gasteiger partial charge in [0.25, 0.3) is 0 Å². The van der Waals surface area contributed by atoms with Gasteiger partial charge in [-0.25, -0.2) is 0 Å². The second-order valence-corrected chi connectivity index (χ2v) is 4.94. The molecule has 0 amide bonds. The van der Waals surface area contributed by atoms with E-state index in [1.54, 1.807) is 0 Å². The fraction of sp³-hybridized carbons (Fsp3) is 0.846. The van der Waals surface area contributed by atoms with Crippen molar-refractivity contribution >= 4 is 0 Å². The van der Waals surface area contributed by atoms with Crippen LogP contribution in [0.1, 0.15) is 52.4 Å². The largest absolute Gasteiger partial charge is 0.393 e. The highest BCUT2D eigenvalue weighted by Crippen LogP contribution is 2.24. The molecule has 1 aliphatic carbocycles. The minimum atomic E-state index is -0.0568. The van der Waals surface area contributed by atoms with E-state index in [2.05, 4.69) is 26.0 Å². The first-order valence-corrected chi connectivity index (χ1v) is 6.03. The molecule has 1 N–H and O–H groups in total. The number of hydrogen-bond acceptors (Lipinski definition) is 1. The Hall–Kier alpha value is -0.300. The van der Waals surface area contributed by atoms with E-state index in [9.17, 15) is 5.11 Å². The van der Waals surface area contributed by atoms with Gasteiger partial charge in [0.15, 0.2) is 0 Å². The van der Waals surface area contributed by atoms with Crippen LogP contribution in [-0.2, 0) is 0 Å². The number of hydrogen-bond donors (Lipinski definition) is 1. The first-order chi connectivity index (χ1) is 6.70. The molecular formula is C13H24O. The molecule has 2 atom stereocenters. The maximum Gasteiger partial charge on any atom is 0.0571 e. The summed E-state index contributed by atoms with van der Waals surface area (Å²) in [5, 5.41) is 9.95. The van der Waals surface area contributed by atoms with Gasteiger partial charge in [-0.1, -0.05) is 38.8 Å². The molecule has 1 aliphatic rings. The van der Waals surface area contributed by atoms with Crippen LogP contribution in [0.4, 0.5) is 0 Å². The third kappa shape index (κ3) is 4.28. The van der Waals surface area contributed by atoms with Crippen LogP contribution in [0.25, 0.3) is 0 Å². The van der Waals surface area contributed by atoms with Gasteiger partial charge in [0, 0.05) is 0 Å². The zero-order valence-corrected chi connectivity index (χ0v) is 9.58. The fourth-order valence-electron chi connectivity index (χ4n) is 2.14. The topological polar surface area (TPSA) is 20.2 Å². The minimum Gasteiger partial charge on any atom is -0.393 e. The van der Waals surface area contributed by atoms with Crippen LogP contribution >= 0.6 is 0 Å². The molecular weight excluding hydrogens is 172 g/mol. The zero-order chi connectivity index (χ0) is 10.4. The lowest BCUT2D eigenvalue weighted by Crippen LogP contribution is -2.21. The average molecular weight is 196 g/mol. The Kier molecular flexibility index (Phi) is 5.24. The molecule has 0 fully saturated rings. The molecule has 0 spiro atoms. The number of aliphatic hydroxyl groups is 1. The summed E-state index contributed by atoms with van der Waals surface area (Å²) in [7, 11) is 0. The Morgan fingerprint density at radius 2 is 2.07 bits per heavy atom. The third-order valence-electron chi connectivity index (χ3n) is 3.14. The molecule has 0 saturated carbocycles. The summed E-state index contributed by atoms with van der Waals surface area (Å²) < 4.78 is 0. The van der Waals surface area contributed by atoms with E-state index in [0.717, 1.165) is 25.2 Å². The Bertz CT molecular complexity index is 172. The molecule has 0 saturated heterocycles. The quantitative estimate of drug-likeness (QED) is 0.667. The maximum absolute atomic E-state index is 9.95. The summed E-state index contributed by atoms with van der Waals surface area (Å²) in [5.41, 5.74) is 0. The SMILES string of the molecule is CC(C)CCCC(O)C1CC=CCC1. The lowest BCUT2D eigenvalue weighted by Gasteiger charge is -2.23. The third-order valence-corrected chi connectivity index (χ3v) is 3.14. The highest BCUT2D eigenvalue weighted by atomic mass is 16.3. The molecule has 0 aromatic heterocycles. The van der Waals surface area contributed by atoms with E-state index in [0.29, 0.717) is 5.92 Å². The molecule has 14 heavy (non-hydrogen) atoms. The van der Waals surface area contributed by atoms with Gasteiger partial charge >= 0.3 is 0 Å². The highest BCUT2D eigenvalue weighted by Gasteiger charge is 2.18. The standard InChI is InChI=1S/C13H24O/c1-11(2)7-6-10-13(14)12-8-4-3-5-9-12/h3-4,11-14H,5-10H2,1-2H3. The van der Waals surface area contributed by atoms with E-state index in [-0.39, 0.29) is 6.10 Å². The zero-order valence-electron chi connectivity index (χ0n) is 9.58. The van der Waals surface area contributed by atoms with Crippen molar-refractivity contribution in [3.63, 3.8) is 0 Å². The molecule has 0 radical (unpaired) electrons. The molecule has 0 aromatic rings. The van der Waals surface area contributed by atoms with E-state index in [1.807, 2.05) is 0 Å². The minimum absolute atomic E-state index is 0.0568. The molecule has 0 bridgehead atoms. The van der Waals surface area contributed by atoms with Crippen LogP contribution in [0.15, 0.2) is 12.2 Å². The van der Waals surface area contributed by atoms with Gasteiger partial charge in [-0.3, -0.25) is 0 Å². The molecule has 1 rings (SSSR count). The summed E-state index contributed by atoms with van der Waals surface area (Å²) in [6.45, 7) is 4.49. The molecule has 1 nitrogen and oxygen atoms in total. The van der Waals surface area contributed by atoms with Gasteiger partial charge in [-0.15, -0.1) is 0 Å². The maximum atomic E-state index is 9.95. The Morgan fingerprint density at radius 3 is 2.64 bits per heavy atom. The van der Waals surface area contributed by atoms with Crippen molar-refractivity contribution in [2.24, 2.45) is 11.8 Å². The van der Waals surface area contributed by atoms with Crippen molar-refractivity contribution < 1.29 is 5.11 Å². The number of rotatable bonds is 5. The fourth-order valence-corrected chi connectivity index (χ4v) is 2.14. The van der Waals surface area contributed by atoms with Crippen LogP contribution in [-0.4, -0.2) is 11.2 Å². The van der Waals surface area contributed by atoms with Crippen LogP contribution in [0, 0.1) is 11.8 Å². The van der Waals surface area contributed by atoms with Crippen molar-refractivity contribution in [2.45, 2.75) is 58.5 Å². The normalized spacial score (nSPS) is 24.1. The lowest BCUT2D eigenvalue weighted by atomic mass is 9.87. The van der Waals surface area contributed by atoms with Crippen molar-refractivity contribution in [2.75, 3.05) is 0 Å². The molecule has 2 unspecified atom stereocenters. The second-order valence-electron chi connectivity index (χ2n) is 4.94. The summed E-state index contributed by atoms with van der Waals surface area (Å²) in [6, 6.07) is 0. The first-order valence-electron chi connectivity index (χ1n) is 6.03. The first kappa shape index (κ1) is 11.8. The second kappa shape index (κ2) is 6.23. The van der Waals surface area contributed by atoms with E-state index in [4.69, 9.17) is 0 Å². The highest BCUT2D eigenvalue weighted by molar-refractivity contribution is 4.92. The predicted molar refractivity (Wildman–Crippen MR) is 61.2 cm³/mol. The monoisotopic (exact) mass is 196 g/mol. The average Bonchev–Trinajstić information content (AvgIpc) is 2.18. The van der Waals surface area contributed by atoms with Crippen molar-refractivity contribution in [1.82, 2.24) is 0 Å². The molecule has 1 heteroatoms. The van der Waals surface area contributed by atoms with Crippen molar-refractivity contribution in [3.05, 3.63) is 12.2 Å². The number of allylic oxidation sites excluding steroid dienone is 2. The Balaban J connectivity index is 2.14. The van der Waals surface area contributed by atoms with Gasteiger partial charge in [0.05, 0.1) is 6.10 Å². The van der Waals surface area contributed by atoms with Crippen LogP contribution in [0.2, 0.25) is 0 Å². The molecule has 0 aliphatic heterocycles. The molecule has 0 heterocycles. The van der Waals surface area contributed by atoms with Crippen molar-refractivity contribution in [3.8, 4) is 0 Å². The van der Waals surface area contributed by atoms with Crippen LogP contribution in [0.3, 0.4) is 0 Å². The van der Waals surface area contributed by atoms with Crippen LogP contribution < -0.4 is 0 Å². The summed E-state index contributed by atoms with van der Waals surface area (Å²) in [5.74, 6) is 1.31. The van der Waals surface area contributed by atoms with E-state index in [1.165, 1.54) is 19.3 Å². The summed E-state index contributed by atoms with van der Waals surface area (Å²) in [6.07, 6.45) is 11.2. The van der Waals surface area contributed by atoms with Crippen LogP contribution in [0.5, 0.6) is 0 Å². The smallest absolute Gasteiger partial charge is 0.0571 e. The number of aliphatic hydroxyl groups excluding tert-OH is 1. The van der Waals surface area contributed by atoms with E-state index < -0.39 is 0 Å². The van der Waals surface area contributed by atoms with Gasteiger partial charge in [0.2, 0.25) is 0 Å². The van der Waals surface area contributed by atoms with Gasteiger partial charge < -0.3 is 5.11 Å². The Labute approximate surface area is 88.2 Å². The van der Waals surface area contributed by atoms with E-state index >= 15 is 0 Å². The molecule has 82 valence electrons. The summed E-state index contributed by atoms with van der Waals surface area (Å²) in [4.78, 5) is 0. The van der Waals surface area contributed by atoms with Gasteiger partial charge in [-0.05, 0) is 37.5 Å². The predicted octanol–water partition coefficient (Wildman–Crippen LogP) is 3.53. The summed E-state index contributed by atoms with van der Waals surface area (Å²) >= 11 is 0. The lowest BCUT2D eigenvalue weighted by molar-refractivity contribution is 0.0900. The Morgan fingerprint density at radius 1 is 1.29 bits per heavy atom. The van der Waals surface area contributed by atoms with Crippen molar-refractivity contribution in [1.29, 1.82) is 0 Å². The van der Waals surface area contributed by atoms with Gasteiger partial charge in [-0.2, -0.15) is 0 Å². The van der Waals surface area contributed by atoms with Gasteiger partial charge in [0.1, 0.15) is 0 Å². The molecule has 0 aromatic carbocycles.